The molecule has 1 aromatic heterocycles. The molecule has 0 amide bonds. The van der Waals surface area contributed by atoms with Crippen LogP contribution in [0.4, 0.5) is 11.6 Å². The van der Waals surface area contributed by atoms with Gasteiger partial charge in [-0.15, -0.1) is 0 Å². The van der Waals surface area contributed by atoms with Crippen LogP contribution in [0.15, 0.2) is 6.07 Å². The van der Waals surface area contributed by atoms with Gasteiger partial charge in [-0.05, 0) is 20.3 Å². The molecule has 1 rings (SSSR count). The zero-order chi connectivity index (χ0) is 12.2. The van der Waals surface area contributed by atoms with Gasteiger partial charge >= 0.3 is 0 Å². The van der Waals surface area contributed by atoms with E-state index in [1.54, 1.807) is 6.07 Å². The standard InChI is InChI=1S/C11H20N4O/c1-4-9-13-8(12)7-10(14-9)15-11(2,3)5-6-16/h7,16H,4-6H2,1-3H3,(H3,12,13,14,15). The summed E-state index contributed by atoms with van der Waals surface area (Å²) in [6.07, 6.45) is 1.40. The first-order chi connectivity index (χ1) is 7.46. The van der Waals surface area contributed by atoms with Crippen LogP contribution in [0.2, 0.25) is 0 Å². The number of nitrogens with one attached hydrogen (secondary N) is 1. The first-order valence-electron chi connectivity index (χ1n) is 5.49. The van der Waals surface area contributed by atoms with Crippen LogP contribution in [-0.2, 0) is 6.42 Å². The van der Waals surface area contributed by atoms with Crippen molar-refractivity contribution in [2.45, 2.75) is 39.2 Å². The van der Waals surface area contributed by atoms with E-state index in [2.05, 4.69) is 15.3 Å². The number of nitrogens with two attached hydrogens (primary N) is 1. The highest BCUT2D eigenvalue weighted by molar-refractivity contribution is 5.46. The van der Waals surface area contributed by atoms with E-state index >= 15 is 0 Å². The van der Waals surface area contributed by atoms with E-state index in [-0.39, 0.29) is 12.1 Å². The number of aliphatic hydroxyl groups excluding tert-OH is 1. The van der Waals surface area contributed by atoms with Crippen molar-refractivity contribution in [3.8, 4) is 0 Å². The second kappa shape index (κ2) is 5.12. The maximum Gasteiger partial charge on any atom is 0.132 e. The molecule has 0 aromatic carbocycles. The molecule has 0 atom stereocenters. The van der Waals surface area contributed by atoms with Crippen molar-refractivity contribution in [1.29, 1.82) is 0 Å². The fourth-order valence-electron chi connectivity index (χ4n) is 1.43. The monoisotopic (exact) mass is 224 g/mol. The highest BCUT2D eigenvalue weighted by Crippen LogP contribution is 2.17. The van der Waals surface area contributed by atoms with Crippen LogP contribution in [-0.4, -0.2) is 27.2 Å². The van der Waals surface area contributed by atoms with Crippen LogP contribution in [0.1, 0.15) is 33.0 Å². The summed E-state index contributed by atoms with van der Waals surface area (Å²) in [5.41, 5.74) is 5.48. The Balaban J connectivity index is 2.84. The van der Waals surface area contributed by atoms with Crippen molar-refractivity contribution >= 4 is 11.6 Å². The van der Waals surface area contributed by atoms with Crippen molar-refractivity contribution in [1.82, 2.24) is 9.97 Å². The van der Waals surface area contributed by atoms with E-state index in [4.69, 9.17) is 10.8 Å². The molecule has 1 aromatic rings. The van der Waals surface area contributed by atoms with Crippen LogP contribution in [0.25, 0.3) is 0 Å². The van der Waals surface area contributed by atoms with Crippen LogP contribution >= 0.6 is 0 Å². The zero-order valence-electron chi connectivity index (χ0n) is 10.1. The van der Waals surface area contributed by atoms with E-state index in [1.807, 2.05) is 20.8 Å². The fraction of sp³-hybridized carbons (Fsp3) is 0.636. The van der Waals surface area contributed by atoms with Crippen molar-refractivity contribution in [3.05, 3.63) is 11.9 Å². The average Bonchev–Trinajstić information content (AvgIpc) is 2.15. The Labute approximate surface area is 96.1 Å². The molecular formula is C11H20N4O. The summed E-state index contributed by atoms with van der Waals surface area (Å²) in [4.78, 5) is 8.44. The van der Waals surface area contributed by atoms with Crippen molar-refractivity contribution < 1.29 is 5.11 Å². The number of hydrogen-bond donors (Lipinski definition) is 3. The van der Waals surface area contributed by atoms with Gasteiger partial charge < -0.3 is 16.2 Å². The number of nitrogens with zero attached hydrogens (tertiary/aromatic N) is 2. The maximum atomic E-state index is 8.94. The summed E-state index contributed by atoms with van der Waals surface area (Å²) in [6, 6.07) is 1.71. The van der Waals surface area contributed by atoms with Crippen molar-refractivity contribution in [3.63, 3.8) is 0 Å². The summed E-state index contributed by atoms with van der Waals surface area (Å²) in [7, 11) is 0. The number of nitrogen functional groups attached to an aromatic ring is 1. The summed E-state index contributed by atoms with van der Waals surface area (Å²) >= 11 is 0. The molecule has 5 nitrogen and oxygen atoms in total. The molecule has 5 heteroatoms. The molecule has 0 spiro atoms. The number of aryl methyl sites for hydroxylation is 1. The molecule has 0 aliphatic rings. The number of hydrogen-bond acceptors (Lipinski definition) is 5. The van der Waals surface area contributed by atoms with Gasteiger partial charge in [0, 0.05) is 24.6 Å². The molecule has 16 heavy (non-hydrogen) atoms. The van der Waals surface area contributed by atoms with Crippen molar-refractivity contribution in [2.75, 3.05) is 17.7 Å². The van der Waals surface area contributed by atoms with Crippen LogP contribution in [0, 0.1) is 0 Å². The van der Waals surface area contributed by atoms with E-state index < -0.39 is 0 Å². The van der Waals surface area contributed by atoms with Gasteiger partial charge in [0.05, 0.1) is 0 Å². The van der Waals surface area contributed by atoms with Crippen molar-refractivity contribution in [2.24, 2.45) is 0 Å². The van der Waals surface area contributed by atoms with E-state index in [1.165, 1.54) is 0 Å². The molecule has 0 aliphatic heterocycles. The van der Waals surface area contributed by atoms with E-state index in [9.17, 15) is 0 Å². The molecule has 90 valence electrons. The lowest BCUT2D eigenvalue weighted by molar-refractivity contribution is 0.260. The summed E-state index contributed by atoms with van der Waals surface area (Å²) < 4.78 is 0. The largest absolute Gasteiger partial charge is 0.396 e. The molecule has 0 fully saturated rings. The number of aromatic nitrogens is 2. The normalized spacial score (nSPS) is 11.5. The lowest BCUT2D eigenvalue weighted by atomic mass is 10.0. The minimum Gasteiger partial charge on any atom is -0.396 e. The third-order valence-corrected chi connectivity index (χ3v) is 2.31. The fourth-order valence-corrected chi connectivity index (χ4v) is 1.43. The Morgan fingerprint density at radius 2 is 2.12 bits per heavy atom. The molecule has 1 heterocycles. The smallest absolute Gasteiger partial charge is 0.132 e. The van der Waals surface area contributed by atoms with Crippen LogP contribution < -0.4 is 11.1 Å². The third-order valence-electron chi connectivity index (χ3n) is 2.31. The van der Waals surface area contributed by atoms with Crippen LogP contribution in [0.5, 0.6) is 0 Å². The molecular weight excluding hydrogens is 204 g/mol. The summed E-state index contributed by atoms with van der Waals surface area (Å²) in [5.74, 6) is 1.90. The molecule has 0 bridgehead atoms. The van der Waals surface area contributed by atoms with Gasteiger partial charge in [-0.3, -0.25) is 0 Å². The highest BCUT2D eigenvalue weighted by Gasteiger charge is 2.17. The minimum absolute atomic E-state index is 0.140. The van der Waals surface area contributed by atoms with E-state index in [0.29, 0.717) is 18.1 Å². The van der Waals surface area contributed by atoms with Crippen LogP contribution in [0.3, 0.4) is 0 Å². The molecule has 0 radical (unpaired) electrons. The lowest BCUT2D eigenvalue weighted by Crippen LogP contribution is -2.32. The molecule has 0 saturated carbocycles. The van der Waals surface area contributed by atoms with Gasteiger partial charge in [0.2, 0.25) is 0 Å². The quantitative estimate of drug-likeness (QED) is 0.699. The topological polar surface area (TPSA) is 84.1 Å². The minimum atomic E-state index is -0.208. The number of rotatable bonds is 5. The maximum absolute atomic E-state index is 8.94. The van der Waals surface area contributed by atoms with Gasteiger partial charge in [-0.1, -0.05) is 6.92 Å². The first kappa shape index (κ1) is 12.7. The molecule has 0 aliphatic carbocycles. The molecule has 0 unspecified atom stereocenters. The summed E-state index contributed by atoms with van der Waals surface area (Å²) in [6.45, 7) is 6.14. The highest BCUT2D eigenvalue weighted by atomic mass is 16.3. The number of aliphatic hydroxyl groups is 1. The Hall–Kier alpha value is -1.36. The molecule has 4 N–H and O–H groups in total. The number of anilines is 2. The Morgan fingerprint density at radius 3 is 2.69 bits per heavy atom. The van der Waals surface area contributed by atoms with Gasteiger partial charge in [-0.25, -0.2) is 9.97 Å². The Morgan fingerprint density at radius 1 is 1.44 bits per heavy atom. The van der Waals surface area contributed by atoms with Gasteiger partial charge in [0.25, 0.3) is 0 Å². The predicted octanol–water partition coefficient (Wildman–Crippen LogP) is 1.19. The molecule has 0 saturated heterocycles. The second-order valence-corrected chi connectivity index (χ2v) is 4.43. The zero-order valence-corrected chi connectivity index (χ0v) is 10.1. The predicted molar refractivity (Wildman–Crippen MR) is 65.2 cm³/mol. The SMILES string of the molecule is CCc1nc(N)cc(NC(C)(C)CCO)n1. The van der Waals surface area contributed by atoms with Gasteiger partial charge in [0.1, 0.15) is 17.5 Å². The first-order valence-corrected chi connectivity index (χ1v) is 5.49. The Bertz CT molecular complexity index is 352. The lowest BCUT2D eigenvalue weighted by Gasteiger charge is -2.26. The van der Waals surface area contributed by atoms with E-state index in [0.717, 1.165) is 12.2 Å². The average molecular weight is 224 g/mol. The Kier molecular flexibility index (Phi) is 4.06. The third kappa shape index (κ3) is 3.66. The summed E-state index contributed by atoms with van der Waals surface area (Å²) in [5, 5.41) is 12.2. The van der Waals surface area contributed by atoms with Gasteiger partial charge in [-0.2, -0.15) is 0 Å². The van der Waals surface area contributed by atoms with Gasteiger partial charge in [0.15, 0.2) is 0 Å². The second-order valence-electron chi connectivity index (χ2n) is 4.43.